The fraction of sp³-hybridized carbons (Fsp3) is 0.600. The summed E-state index contributed by atoms with van der Waals surface area (Å²) in [6.07, 6.45) is 3.84. The molecule has 2 rings (SSSR count). The van der Waals surface area contributed by atoms with Crippen molar-refractivity contribution < 1.29 is 9.59 Å². The highest BCUT2D eigenvalue weighted by molar-refractivity contribution is 6.13. The fourth-order valence-electron chi connectivity index (χ4n) is 1.71. The SMILES string of the molecule is CC(CC1CC1)=C1CC(=O)NC1=O. The van der Waals surface area contributed by atoms with E-state index < -0.39 is 0 Å². The van der Waals surface area contributed by atoms with Crippen molar-refractivity contribution in [3.8, 4) is 0 Å². The van der Waals surface area contributed by atoms with Crippen LogP contribution >= 0.6 is 0 Å². The van der Waals surface area contributed by atoms with Crippen LogP contribution in [0.3, 0.4) is 0 Å². The number of amides is 2. The molecule has 0 aromatic carbocycles. The normalized spacial score (nSPS) is 26.2. The van der Waals surface area contributed by atoms with Gasteiger partial charge in [0.1, 0.15) is 0 Å². The smallest absolute Gasteiger partial charge is 0.254 e. The molecule has 13 heavy (non-hydrogen) atoms. The largest absolute Gasteiger partial charge is 0.292 e. The summed E-state index contributed by atoms with van der Waals surface area (Å²) in [6.45, 7) is 1.96. The molecule has 2 amide bonds. The second-order valence-electron chi connectivity index (χ2n) is 3.96. The number of imide groups is 1. The van der Waals surface area contributed by atoms with Gasteiger partial charge < -0.3 is 0 Å². The van der Waals surface area contributed by atoms with Gasteiger partial charge in [0, 0.05) is 5.57 Å². The van der Waals surface area contributed by atoms with Gasteiger partial charge in [0.25, 0.3) is 5.91 Å². The highest BCUT2D eigenvalue weighted by Crippen LogP contribution is 2.36. The van der Waals surface area contributed by atoms with E-state index in [1.165, 1.54) is 12.8 Å². The number of hydrogen-bond acceptors (Lipinski definition) is 2. The van der Waals surface area contributed by atoms with Gasteiger partial charge in [-0.25, -0.2) is 0 Å². The zero-order chi connectivity index (χ0) is 9.42. The van der Waals surface area contributed by atoms with Crippen molar-refractivity contribution >= 4 is 11.8 Å². The monoisotopic (exact) mass is 179 g/mol. The van der Waals surface area contributed by atoms with Crippen LogP contribution in [0.2, 0.25) is 0 Å². The molecule has 0 spiro atoms. The summed E-state index contributed by atoms with van der Waals surface area (Å²) >= 11 is 0. The summed E-state index contributed by atoms with van der Waals surface area (Å²) in [7, 11) is 0. The molecule has 2 fully saturated rings. The fourth-order valence-corrected chi connectivity index (χ4v) is 1.71. The van der Waals surface area contributed by atoms with Gasteiger partial charge in [-0.1, -0.05) is 5.57 Å². The second kappa shape index (κ2) is 2.98. The Balaban J connectivity index is 2.11. The van der Waals surface area contributed by atoms with Crippen LogP contribution in [0.15, 0.2) is 11.1 Å². The minimum absolute atomic E-state index is 0.157. The van der Waals surface area contributed by atoms with Crippen molar-refractivity contribution in [1.82, 2.24) is 5.32 Å². The average molecular weight is 179 g/mol. The van der Waals surface area contributed by atoms with Crippen LogP contribution in [-0.4, -0.2) is 11.8 Å². The first-order valence-electron chi connectivity index (χ1n) is 4.69. The van der Waals surface area contributed by atoms with Crippen molar-refractivity contribution in [3.05, 3.63) is 11.1 Å². The lowest BCUT2D eigenvalue weighted by Crippen LogP contribution is -2.19. The van der Waals surface area contributed by atoms with Crippen molar-refractivity contribution in [1.29, 1.82) is 0 Å². The lowest BCUT2D eigenvalue weighted by Gasteiger charge is -2.01. The molecule has 70 valence electrons. The van der Waals surface area contributed by atoms with Crippen LogP contribution < -0.4 is 5.32 Å². The Labute approximate surface area is 77.2 Å². The van der Waals surface area contributed by atoms with E-state index in [4.69, 9.17) is 0 Å². The average Bonchev–Trinajstić information content (AvgIpc) is 2.77. The summed E-state index contributed by atoms with van der Waals surface area (Å²) in [6, 6.07) is 0. The maximum atomic E-state index is 11.2. The number of rotatable bonds is 2. The van der Waals surface area contributed by atoms with Gasteiger partial charge in [0.05, 0.1) is 6.42 Å². The third kappa shape index (κ3) is 1.79. The molecular weight excluding hydrogens is 166 g/mol. The van der Waals surface area contributed by atoms with Gasteiger partial charge in [-0.3, -0.25) is 14.9 Å². The lowest BCUT2D eigenvalue weighted by molar-refractivity contribution is -0.124. The molecule has 1 aliphatic heterocycles. The van der Waals surface area contributed by atoms with Crippen LogP contribution in [0, 0.1) is 5.92 Å². The predicted octanol–water partition coefficient (Wildman–Crippen LogP) is 1.15. The molecular formula is C10H13NO2. The lowest BCUT2D eigenvalue weighted by atomic mass is 10.0. The molecule has 1 aliphatic carbocycles. The molecule has 3 nitrogen and oxygen atoms in total. The van der Waals surface area contributed by atoms with Crippen LogP contribution in [0.1, 0.15) is 32.6 Å². The van der Waals surface area contributed by atoms with Crippen molar-refractivity contribution in [3.63, 3.8) is 0 Å². The number of carbonyl (C=O) groups excluding carboxylic acids is 2. The summed E-state index contributed by atoms with van der Waals surface area (Å²) in [4.78, 5) is 22.1. The number of nitrogens with one attached hydrogen (secondary N) is 1. The molecule has 0 aromatic heterocycles. The zero-order valence-corrected chi connectivity index (χ0v) is 7.72. The molecule has 0 unspecified atom stereocenters. The summed E-state index contributed by atoms with van der Waals surface area (Å²) in [5.74, 6) is 0.439. The van der Waals surface area contributed by atoms with E-state index in [-0.39, 0.29) is 18.2 Å². The summed E-state index contributed by atoms with van der Waals surface area (Å²) in [5, 5.41) is 2.31. The standard InChI is InChI=1S/C10H13NO2/c1-6(4-7-2-3-7)8-5-9(12)11-10(8)13/h7H,2-5H2,1H3,(H,11,12,13). The van der Waals surface area contributed by atoms with Crippen molar-refractivity contribution in [2.75, 3.05) is 0 Å². The van der Waals surface area contributed by atoms with Crippen molar-refractivity contribution in [2.24, 2.45) is 5.92 Å². The molecule has 0 atom stereocenters. The molecule has 1 N–H and O–H groups in total. The van der Waals surface area contributed by atoms with E-state index in [2.05, 4.69) is 5.32 Å². The van der Waals surface area contributed by atoms with Crippen LogP contribution in [0.4, 0.5) is 0 Å². The van der Waals surface area contributed by atoms with Crippen molar-refractivity contribution in [2.45, 2.75) is 32.6 Å². The van der Waals surface area contributed by atoms with E-state index in [0.29, 0.717) is 5.57 Å². The Morgan fingerprint density at radius 3 is 2.62 bits per heavy atom. The van der Waals surface area contributed by atoms with Gasteiger partial charge in [0.2, 0.25) is 5.91 Å². The van der Waals surface area contributed by atoms with Crippen LogP contribution in [0.25, 0.3) is 0 Å². The van der Waals surface area contributed by atoms with Gasteiger partial charge in [-0.2, -0.15) is 0 Å². The van der Waals surface area contributed by atoms with Gasteiger partial charge in [-0.15, -0.1) is 0 Å². The highest BCUT2D eigenvalue weighted by Gasteiger charge is 2.28. The first kappa shape index (κ1) is 8.48. The Bertz CT molecular complexity index is 300. The first-order valence-corrected chi connectivity index (χ1v) is 4.69. The second-order valence-corrected chi connectivity index (χ2v) is 3.96. The molecule has 3 heteroatoms. The quantitative estimate of drug-likeness (QED) is 0.510. The van der Waals surface area contributed by atoms with E-state index in [1.54, 1.807) is 0 Å². The molecule has 1 heterocycles. The number of carbonyl (C=O) groups is 2. The minimum atomic E-state index is -0.178. The molecule has 0 bridgehead atoms. The topological polar surface area (TPSA) is 46.2 Å². The van der Waals surface area contributed by atoms with Gasteiger partial charge in [0.15, 0.2) is 0 Å². The maximum absolute atomic E-state index is 11.2. The Kier molecular flexibility index (Phi) is 1.94. The van der Waals surface area contributed by atoms with E-state index >= 15 is 0 Å². The highest BCUT2D eigenvalue weighted by atomic mass is 16.2. The Hall–Kier alpha value is -1.12. The van der Waals surface area contributed by atoms with E-state index in [9.17, 15) is 9.59 Å². The third-order valence-corrected chi connectivity index (χ3v) is 2.67. The molecule has 1 saturated heterocycles. The van der Waals surface area contributed by atoms with Gasteiger partial charge >= 0.3 is 0 Å². The minimum Gasteiger partial charge on any atom is -0.292 e. The number of hydrogen-bond donors (Lipinski definition) is 1. The van der Waals surface area contributed by atoms with Crippen LogP contribution in [-0.2, 0) is 9.59 Å². The van der Waals surface area contributed by atoms with Gasteiger partial charge in [-0.05, 0) is 32.1 Å². The molecule has 0 aromatic rings. The summed E-state index contributed by atoms with van der Waals surface area (Å²) < 4.78 is 0. The Morgan fingerprint density at radius 1 is 1.46 bits per heavy atom. The molecule has 1 saturated carbocycles. The maximum Gasteiger partial charge on any atom is 0.254 e. The third-order valence-electron chi connectivity index (χ3n) is 2.67. The zero-order valence-electron chi connectivity index (χ0n) is 7.72. The summed E-state index contributed by atoms with van der Waals surface area (Å²) in [5.41, 5.74) is 1.81. The molecule has 0 radical (unpaired) electrons. The molecule has 2 aliphatic rings. The number of allylic oxidation sites excluding steroid dienone is 1. The van der Waals surface area contributed by atoms with E-state index in [1.807, 2.05) is 6.92 Å². The predicted molar refractivity (Wildman–Crippen MR) is 47.8 cm³/mol. The first-order chi connectivity index (χ1) is 6.16. The van der Waals surface area contributed by atoms with Crippen LogP contribution in [0.5, 0.6) is 0 Å². The van der Waals surface area contributed by atoms with E-state index in [0.717, 1.165) is 17.9 Å². The Morgan fingerprint density at radius 2 is 2.15 bits per heavy atom.